The maximum atomic E-state index is 12.6. The third-order valence-corrected chi connectivity index (χ3v) is 2.57. The molecule has 18 heavy (non-hydrogen) atoms. The molecule has 0 aliphatic heterocycles. The topological polar surface area (TPSA) is 57.8 Å². The first-order valence-electron chi connectivity index (χ1n) is 5.81. The number of rotatable bonds is 4. The second kappa shape index (κ2) is 6.14. The molecule has 1 heterocycles. The summed E-state index contributed by atoms with van der Waals surface area (Å²) in [6.07, 6.45) is 3.68. The Morgan fingerprint density at radius 3 is 2.61 bits per heavy atom. The van der Waals surface area contributed by atoms with E-state index in [0.717, 1.165) is 5.70 Å². The van der Waals surface area contributed by atoms with Crippen molar-refractivity contribution in [1.29, 1.82) is 0 Å². The molecule has 0 aliphatic carbocycles. The van der Waals surface area contributed by atoms with Crippen LogP contribution in [0.2, 0.25) is 0 Å². The quantitative estimate of drug-likeness (QED) is 0.809. The highest BCUT2D eigenvalue weighted by Crippen LogP contribution is 2.08. The second-order valence-corrected chi connectivity index (χ2v) is 4.05. The number of halogens is 1. The summed E-state index contributed by atoms with van der Waals surface area (Å²) in [6.45, 7) is 6.80. The summed E-state index contributed by atoms with van der Waals surface area (Å²) in [7, 11) is 0. The Bertz CT molecular complexity index is 540. The predicted molar refractivity (Wildman–Crippen MR) is 71.2 cm³/mol. The zero-order valence-electron chi connectivity index (χ0n) is 11.1. The Balaban J connectivity index is 3.00. The number of aromatic amines is 1. The van der Waals surface area contributed by atoms with Crippen LogP contribution in [0, 0.1) is 13.8 Å². The Kier molecular flexibility index (Phi) is 4.83. The molecule has 5 heteroatoms. The van der Waals surface area contributed by atoms with Gasteiger partial charge in [-0.2, -0.15) is 0 Å². The van der Waals surface area contributed by atoms with Gasteiger partial charge < -0.3 is 5.32 Å². The van der Waals surface area contributed by atoms with Crippen molar-refractivity contribution in [3.8, 4) is 0 Å². The lowest BCUT2D eigenvalue weighted by Crippen LogP contribution is -2.16. The molecule has 2 N–H and O–H groups in total. The summed E-state index contributed by atoms with van der Waals surface area (Å²) in [5.41, 5.74) is 1.88. The second-order valence-electron chi connectivity index (χ2n) is 4.05. The van der Waals surface area contributed by atoms with Gasteiger partial charge in [-0.3, -0.25) is 9.78 Å². The van der Waals surface area contributed by atoms with Crippen molar-refractivity contribution < 1.29 is 4.39 Å². The number of aryl methyl sites for hydroxylation is 1. The molecule has 0 fully saturated rings. The monoisotopic (exact) mass is 251 g/mol. The molecule has 4 nitrogen and oxygen atoms in total. The van der Waals surface area contributed by atoms with Crippen LogP contribution in [0.5, 0.6) is 0 Å². The lowest BCUT2D eigenvalue weighted by Gasteiger charge is -2.08. The minimum Gasteiger partial charge on any atom is -0.329 e. The number of H-pyrrole nitrogens is 1. The lowest BCUT2D eigenvalue weighted by atomic mass is 10.3. The molecule has 0 spiro atoms. The predicted octanol–water partition coefficient (Wildman–Crippen LogP) is 2.97. The average Bonchev–Trinajstić information content (AvgIpc) is 2.31. The fourth-order valence-electron chi connectivity index (χ4n) is 1.32. The van der Waals surface area contributed by atoms with E-state index in [9.17, 15) is 9.18 Å². The van der Waals surface area contributed by atoms with Gasteiger partial charge in [-0.05, 0) is 39.3 Å². The highest BCUT2D eigenvalue weighted by Gasteiger charge is 2.04. The van der Waals surface area contributed by atoms with Crippen molar-refractivity contribution in [2.24, 2.45) is 0 Å². The fourth-order valence-corrected chi connectivity index (χ4v) is 1.32. The number of nitrogens with one attached hydrogen (secondary N) is 2. The minimum absolute atomic E-state index is 0.169. The van der Waals surface area contributed by atoms with Crippen LogP contribution in [0.4, 0.5) is 10.3 Å². The third-order valence-electron chi connectivity index (χ3n) is 2.57. The minimum atomic E-state index is -0.274. The van der Waals surface area contributed by atoms with Gasteiger partial charge in [-0.25, -0.2) is 9.37 Å². The summed E-state index contributed by atoms with van der Waals surface area (Å²) in [5, 5.41) is 2.98. The first-order valence-corrected chi connectivity index (χ1v) is 5.81. The zero-order chi connectivity index (χ0) is 13.7. The van der Waals surface area contributed by atoms with Crippen LogP contribution >= 0.6 is 0 Å². The molecule has 0 amide bonds. The van der Waals surface area contributed by atoms with Gasteiger partial charge in [0.1, 0.15) is 0 Å². The number of hydrogen-bond acceptors (Lipinski definition) is 3. The van der Waals surface area contributed by atoms with E-state index in [0.29, 0.717) is 23.6 Å². The van der Waals surface area contributed by atoms with Gasteiger partial charge in [0.2, 0.25) is 5.95 Å². The molecular formula is C13H18FN3O. The van der Waals surface area contributed by atoms with Gasteiger partial charge in [-0.15, -0.1) is 0 Å². The molecule has 0 bridgehead atoms. The van der Waals surface area contributed by atoms with Crippen molar-refractivity contribution in [3.63, 3.8) is 0 Å². The van der Waals surface area contributed by atoms with Gasteiger partial charge in [0.25, 0.3) is 5.56 Å². The van der Waals surface area contributed by atoms with Crippen LogP contribution in [0.3, 0.4) is 0 Å². The Hall–Kier alpha value is -1.91. The van der Waals surface area contributed by atoms with Crippen molar-refractivity contribution in [2.45, 2.75) is 34.1 Å². The van der Waals surface area contributed by atoms with Crippen LogP contribution < -0.4 is 10.9 Å². The summed E-state index contributed by atoms with van der Waals surface area (Å²) >= 11 is 0. The van der Waals surface area contributed by atoms with E-state index in [-0.39, 0.29) is 11.4 Å². The molecule has 98 valence electrons. The van der Waals surface area contributed by atoms with Gasteiger partial charge >= 0.3 is 0 Å². The smallest absolute Gasteiger partial charge is 0.255 e. The zero-order valence-corrected chi connectivity index (χ0v) is 11.1. The van der Waals surface area contributed by atoms with E-state index < -0.39 is 0 Å². The third kappa shape index (κ3) is 3.84. The van der Waals surface area contributed by atoms with E-state index >= 15 is 0 Å². The highest BCUT2D eigenvalue weighted by atomic mass is 19.1. The van der Waals surface area contributed by atoms with E-state index in [1.165, 1.54) is 13.0 Å². The molecule has 0 radical (unpaired) electrons. The lowest BCUT2D eigenvalue weighted by molar-refractivity contribution is 0.640. The molecule has 0 aliphatic rings. The largest absolute Gasteiger partial charge is 0.329 e. The SMILES string of the molecule is CC/C(=C\C=C(/C)F)Nc1nc(C)c(C)c(=O)[nH]1. The number of anilines is 1. The number of nitrogens with zero attached hydrogens (tertiary/aromatic N) is 1. The van der Waals surface area contributed by atoms with E-state index in [1.54, 1.807) is 19.9 Å². The van der Waals surface area contributed by atoms with Crippen LogP contribution in [0.15, 0.2) is 28.5 Å². The van der Waals surface area contributed by atoms with E-state index in [2.05, 4.69) is 15.3 Å². The van der Waals surface area contributed by atoms with E-state index in [1.807, 2.05) is 6.92 Å². The van der Waals surface area contributed by atoms with E-state index in [4.69, 9.17) is 0 Å². The van der Waals surface area contributed by atoms with Gasteiger partial charge in [0.15, 0.2) is 0 Å². The molecule has 0 atom stereocenters. The van der Waals surface area contributed by atoms with Crippen molar-refractivity contribution >= 4 is 5.95 Å². The molecule has 0 saturated carbocycles. The maximum Gasteiger partial charge on any atom is 0.255 e. The Morgan fingerprint density at radius 1 is 1.44 bits per heavy atom. The average molecular weight is 251 g/mol. The molecular weight excluding hydrogens is 233 g/mol. The Morgan fingerprint density at radius 2 is 2.11 bits per heavy atom. The fraction of sp³-hybridized carbons (Fsp3) is 0.385. The van der Waals surface area contributed by atoms with Gasteiger partial charge in [0, 0.05) is 17.0 Å². The number of aromatic nitrogens is 2. The summed E-state index contributed by atoms with van der Waals surface area (Å²) < 4.78 is 12.6. The molecule has 0 aromatic carbocycles. The van der Waals surface area contributed by atoms with Gasteiger partial charge in [0.05, 0.1) is 5.83 Å². The first-order chi connectivity index (χ1) is 8.43. The molecule has 1 aromatic rings. The summed E-state index contributed by atoms with van der Waals surface area (Å²) in [6, 6.07) is 0. The first kappa shape index (κ1) is 14.2. The molecule has 1 aromatic heterocycles. The van der Waals surface area contributed by atoms with Crippen molar-refractivity contribution in [1.82, 2.24) is 9.97 Å². The van der Waals surface area contributed by atoms with Crippen molar-refractivity contribution in [2.75, 3.05) is 5.32 Å². The van der Waals surface area contributed by atoms with Crippen LogP contribution in [-0.4, -0.2) is 9.97 Å². The van der Waals surface area contributed by atoms with Gasteiger partial charge in [-0.1, -0.05) is 6.92 Å². The molecule has 0 saturated heterocycles. The summed E-state index contributed by atoms with van der Waals surface area (Å²) in [5.74, 6) is 0.102. The Labute approximate surface area is 106 Å². The summed E-state index contributed by atoms with van der Waals surface area (Å²) in [4.78, 5) is 18.4. The highest BCUT2D eigenvalue weighted by molar-refractivity contribution is 5.37. The number of hydrogen-bond donors (Lipinski definition) is 2. The van der Waals surface area contributed by atoms with Crippen LogP contribution in [-0.2, 0) is 0 Å². The van der Waals surface area contributed by atoms with Crippen LogP contribution in [0.25, 0.3) is 0 Å². The molecule has 1 rings (SSSR count). The standard InChI is InChI=1S/C13H18FN3O/c1-5-11(7-6-8(2)14)16-13-15-10(4)9(3)12(18)17-13/h6-7H,5H2,1-4H3,(H2,15,16,17,18)/b8-6+,11-7+. The van der Waals surface area contributed by atoms with Crippen LogP contribution in [0.1, 0.15) is 31.5 Å². The molecule has 0 unspecified atom stereocenters. The number of allylic oxidation sites excluding steroid dienone is 4. The normalized spacial score (nSPS) is 12.7. The maximum absolute atomic E-state index is 12.6. The van der Waals surface area contributed by atoms with Crippen molar-refractivity contribution in [3.05, 3.63) is 45.3 Å².